The highest BCUT2D eigenvalue weighted by Gasteiger charge is 2.29. The molecule has 2 heterocycles. The zero-order chi connectivity index (χ0) is 19.6. The van der Waals surface area contributed by atoms with Crippen molar-refractivity contribution >= 4 is 29.9 Å². The molecule has 2 saturated heterocycles. The van der Waals surface area contributed by atoms with Gasteiger partial charge in [-0.05, 0) is 38.2 Å². The van der Waals surface area contributed by atoms with Crippen LogP contribution in [-0.4, -0.2) is 69.0 Å². The zero-order valence-electron chi connectivity index (χ0n) is 17.8. The van der Waals surface area contributed by atoms with Gasteiger partial charge in [-0.15, -0.1) is 24.0 Å². The van der Waals surface area contributed by atoms with E-state index < -0.39 is 0 Å². The molecule has 0 saturated carbocycles. The van der Waals surface area contributed by atoms with Crippen LogP contribution in [0.4, 0.5) is 0 Å². The molecule has 2 aliphatic rings. The molecule has 2 unspecified atom stereocenters. The lowest BCUT2D eigenvalue weighted by Gasteiger charge is -2.22. The minimum atomic E-state index is 0. The number of hydrogen-bond acceptors (Lipinski definition) is 4. The van der Waals surface area contributed by atoms with Crippen molar-refractivity contribution in [3.63, 3.8) is 0 Å². The van der Waals surface area contributed by atoms with E-state index in [0.717, 1.165) is 71.1 Å². The predicted molar refractivity (Wildman–Crippen MR) is 129 cm³/mol. The SMILES string of the molecule is CN=C(NCCCOC1CCOCC1)NC1CC(C)N(Cc2ccccc2)C1.I. The standard InChI is InChI=1S/C22H36N4O2.HI/c1-18-15-20(17-26(18)16-19-7-4-3-5-8-19)25-22(23-2)24-11-6-12-28-21-9-13-27-14-10-21;/h3-5,7-8,18,20-21H,6,9-17H2,1-2H3,(H2,23,24,25);1H. The maximum Gasteiger partial charge on any atom is 0.191 e. The highest BCUT2D eigenvalue weighted by atomic mass is 127. The molecular formula is C22H37IN4O2. The number of ether oxygens (including phenoxy) is 2. The maximum absolute atomic E-state index is 5.93. The Morgan fingerprint density at radius 3 is 2.72 bits per heavy atom. The molecule has 0 aromatic heterocycles. The average molecular weight is 516 g/mol. The van der Waals surface area contributed by atoms with Crippen LogP contribution < -0.4 is 10.6 Å². The highest BCUT2D eigenvalue weighted by Crippen LogP contribution is 2.20. The monoisotopic (exact) mass is 516 g/mol. The summed E-state index contributed by atoms with van der Waals surface area (Å²) >= 11 is 0. The first kappa shape index (κ1) is 24.4. The number of halogens is 1. The van der Waals surface area contributed by atoms with Gasteiger partial charge in [-0.2, -0.15) is 0 Å². The molecule has 1 aromatic carbocycles. The number of nitrogens with one attached hydrogen (secondary N) is 2. The van der Waals surface area contributed by atoms with Gasteiger partial charge in [-0.3, -0.25) is 9.89 Å². The summed E-state index contributed by atoms with van der Waals surface area (Å²) in [5.74, 6) is 0.893. The minimum absolute atomic E-state index is 0. The van der Waals surface area contributed by atoms with E-state index in [-0.39, 0.29) is 24.0 Å². The zero-order valence-corrected chi connectivity index (χ0v) is 20.1. The highest BCUT2D eigenvalue weighted by molar-refractivity contribution is 14.0. The van der Waals surface area contributed by atoms with Crippen molar-refractivity contribution in [1.82, 2.24) is 15.5 Å². The Bertz CT molecular complexity index is 596. The van der Waals surface area contributed by atoms with Crippen LogP contribution in [0.2, 0.25) is 0 Å². The van der Waals surface area contributed by atoms with E-state index in [9.17, 15) is 0 Å². The fraction of sp³-hybridized carbons (Fsp3) is 0.682. The van der Waals surface area contributed by atoms with Gasteiger partial charge in [0.15, 0.2) is 5.96 Å². The van der Waals surface area contributed by atoms with Gasteiger partial charge in [-0.25, -0.2) is 0 Å². The Hall–Kier alpha value is -0.900. The second kappa shape index (κ2) is 13.4. The van der Waals surface area contributed by atoms with Crippen LogP contribution in [0.3, 0.4) is 0 Å². The number of guanidine groups is 1. The van der Waals surface area contributed by atoms with Gasteiger partial charge in [-0.1, -0.05) is 30.3 Å². The molecule has 0 bridgehead atoms. The molecule has 2 atom stereocenters. The molecule has 0 aliphatic carbocycles. The minimum Gasteiger partial charge on any atom is -0.381 e. The molecule has 0 amide bonds. The third-order valence-electron chi connectivity index (χ3n) is 5.63. The van der Waals surface area contributed by atoms with Gasteiger partial charge in [0.25, 0.3) is 0 Å². The summed E-state index contributed by atoms with van der Waals surface area (Å²) in [5, 5.41) is 7.02. The Labute approximate surface area is 192 Å². The Morgan fingerprint density at radius 2 is 2.00 bits per heavy atom. The molecule has 1 aromatic rings. The van der Waals surface area contributed by atoms with E-state index in [1.165, 1.54) is 5.56 Å². The molecule has 3 rings (SSSR count). The van der Waals surface area contributed by atoms with Crippen molar-refractivity contribution in [1.29, 1.82) is 0 Å². The first-order valence-electron chi connectivity index (χ1n) is 10.7. The fourth-order valence-electron chi connectivity index (χ4n) is 4.00. The number of likely N-dealkylation sites (tertiary alicyclic amines) is 1. The summed E-state index contributed by atoms with van der Waals surface area (Å²) < 4.78 is 11.3. The summed E-state index contributed by atoms with van der Waals surface area (Å²) in [5.41, 5.74) is 1.38. The third-order valence-corrected chi connectivity index (χ3v) is 5.63. The molecule has 29 heavy (non-hydrogen) atoms. The third kappa shape index (κ3) is 8.39. The largest absolute Gasteiger partial charge is 0.381 e. The van der Waals surface area contributed by atoms with Gasteiger partial charge < -0.3 is 20.1 Å². The van der Waals surface area contributed by atoms with Gasteiger partial charge in [0, 0.05) is 58.6 Å². The number of rotatable bonds is 8. The van der Waals surface area contributed by atoms with E-state index in [0.29, 0.717) is 18.2 Å². The summed E-state index contributed by atoms with van der Waals surface area (Å²) in [6, 6.07) is 11.7. The maximum atomic E-state index is 5.93. The first-order valence-corrected chi connectivity index (χ1v) is 10.7. The van der Waals surface area contributed by atoms with Crippen LogP contribution in [0, 0.1) is 0 Å². The molecule has 7 heteroatoms. The number of hydrogen-bond donors (Lipinski definition) is 2. The van der Waals surface area contributed by atoms with E-state index in [4.69, 9.17) is 9.47 Å². The van der Waals surface area contributed by atoms with Crippen molar-refractivity contribution in [2.24, 2.45) is 4.99 Å². The van der Waals surface area contributed by atoms with Gasteiger partial charge >= 0.3 is 0 Å². The van der Waals surface area contributed by atoms with Crippen LogP contribution in [-0.2, 0) is 16.0 Å². The lowest BCUT2D eigenvalue weighted by molar-refractivity contribution is -0.0320. The van der Waals surface area contributed by atoms with Crippen LogP contribution >= 0.6 is 24.0 Å². The molecule has 2 fully saturated rings. The van der Waals surface area contributed by atoms with Crippen molar-refractivity contribution in [2.75, 3.05) is 40.0 Å². The second-order valence-electron chi connectivity index (χ2n) is 7.88. The summed E-state index contributed by atoms with van der Waals surface area (Å²) in [6.07, 6.45) is 4.55. The van der Waals surface area contributed by atoms with Crippen LogP contribution in [0.25, 0.3) is 0 Å². The summed E-state index contributed by atoms with van der Waals surface area (Å²) in [6.45, 7) is 7.70. The van der Waals surface area contributed by atoms with Crippen LogP contribution in [0.5, 0.6) is 0 Å². The number of aliphatic imine (C=N–C) groups is 1. The molecule has 6 nitrogen and oxygen atoms in total. The molecule has 0 radical (unpaired) electrons. The molecule has 164 valence electrons. The average Bonchev–Trinajstić information content (AvgIpc) is 3.07. The Kier molecular flexibility index (Phi) is 11.3. The first-order chi connectivity index (χ1) is 13.7. The molecule has 2 aliphatic heterocycles. The van der Waals surface area contributed by atoms with E-state index >= 15 is 0 Å². The normalized spacial score (nSPS) is 23.6. The lowest BCUT2D eigenvalue weighted by Crippen LogP contribution is -2.45. The Morgan fingerprint density at radius 1 is 1.24 bits per heavy atom. The number of nitrogens with zero attached hydrogens (tertiary/aromatic N) is 2. The van der Waals surface area contributed by atoms with Gasteiger partial charge in [0.2, 0.25) is 0 Å². The van der Waals surface area contributed by atoms with E-state index in [1.807, 2.05) is 7.05 Å². The molecule has 2 N–H and O–H groups in total. The van der Waals surface area contributed by atoms with Gasteiger partial charge in [0.05, 0.1) is 6.10 Å². The smallest absolute Gasteiger partial charge is 0.191 e. The van der Waals surface area contributed by atoms with Crippen molar-refractivity contribution in [3.05, 3.63) is 35.9 Å². The topological polar surface area (TPSA) is 58.1 Å². The quantitative estimate of drug-likeness (QED) is 0.241. The fourth-order valence-corrected chi connectivity index (χ4v) is 4.00. The summed E-state index contributed by atoms with van der Waals surface area (Å²) in [7, 11) is 1.84. The Balaban J connectivity index is 0.00000300. The lowest BCUT2D eigenvalue weighted by atomic mass is 10.1. The van der Waals surface area contributed by atoms with Crippen LogP contribution in [0.15, 0.2) is 35.3 Å². The predicted octanol–water partition coefficient (Wildman–Crippen LogP) is 3.02. The summed E-state index contributed by atoms with van der Waals surface area (Å²) in [4.78, 5) is 6.94. The number of benzene rings is 1. The van der Waals surface area contributed by atoms with Gasteiger partial charge in [0.1, 0.15) is 0 Å². The molecular weight excluding hydrogens is 479 g/mol. The van der Waals surface area contributed by atoms with Crippen molar-refractivity contribution in [2.45, 2.75) is 57.3 Å². The van der Waals surface area contributed by atoms with Crippen LogP contribution in [0.1, 0.15) is 38.2 Å². The van der Waals surface area contributed by atoms with E-state index in [1.54, 1.807) is 0 Å². The van der Waals surface area contributed by atoms with Crippen molar-refractivity contribution < 1.29 is 9.47 Å². The molecule has 0 spiro atoms. The second-order valence-corrected chi connectivity index (χ2v) is 7.88. The van der Waals surface area contributed by atoms with Crippen molar-refractivity contribution in [3.8, 4) is 0 Å². The van der Waals surface area contributed by atoms with E-state index in [2.05, 4.69) is 57.8 Å².